The third kappa shape index (κ3) is 4.73. The number of hydrogen-bond donors (Lipinski definition) is 1. The second-order valence-electron chi connectivity index (χ2n) is 6.26. The second-order valence-corrected chi connectivity index (χ2v) is 7.17. The highest BCUT2D eigenvalue weighted by atomic mass is 79.9. The van der Waals surface area contributed by atoms with Gasteiger partial charge in [-0.3, -0.25) is 4.68 Å². The first-order chi connectivity index (χ1) is 13.0. The number of carbonyl (C=O) groups is 1. The Balaban J connectivity index is 1.67. The van der Waals surface area contributed by atoms with Gasteiger partial charge in [0.1, 0.15) is 0 Å². The van der Waals surface area contributed by atoms with Crippen LogP contribution in [0, 0.1) is 0 Å². The smallest absolute Gasteiger partial charge is 0.318 e. The SMILES string of the molecule is CCC(NC(=O)N(C)Cc1cnn(C)c1)c1noc(-c2cccc(Br)c2)n1. The number of nitrogens with one attached hydrogen (secondary N) is 1. The summed E-state index contributed by atoms with van der Waals surface area (Å²) in [5.41, 5.74) is 1.78. The topological polar surface area (TPSA) is 89.1 Å². The number of nitrogens with zero attached hydrogens (tertiary/aromatic N) is 5. The lowest BCUT2D eigenvalue weighted by Crippen LogP contribution is -2.39. The van der Waals surface area contributed by atoms with Crippen LogP contribution in [-0.2, 0) is 13.6 Å². The zero-order chi connectivity index (χ0) is 19.4. The second kappa shape index (κ2) is 8.34. The van der Waals surface area contributed by atoms with E-state index in [0.29, 0.717) is 24.7 Å². The number of amides is 2. The lowest BCUT2D eigenvalue weighted by Gasteiger charge is -2.20. The van der Waals surface area contributed by atoms with E-state index in [4.69, 9.17) is 4.52 Å². The Bertz CT molecular complexity index is 922. The van der Waals surface area contributed by atoms with Crippen LogP contribution in [0.4, 0.5) is 4.79 Å². The number of benzene rings is 1. The van der Waals surface area contributed by atoms with Gasteiger partial charge in [0.05, 0.1) is 18.8 Å². The third-order valence-corrected chi connectivity index (χ3v) is 4.55. The maximum absolute atomic E-state index is 12.5. The van der Waals surface area contributed by atoms with Crippen molar-refractivity contribution in [2.24, 2.45) is 7.05 Å². The molecule has 1 unspecified atom stereocenters. The van der Waals surface area contributed by atoms with Crippen molar-refractivity contribution in [1.29, 1.82) is 0 Å². The predicted octanol–water partition coefficient (Wildman–Crippen LogP) is 3.53. The maximum atomic E-state index is 12.5. The van der Waals surface area contributed by atoms with Crippen molar-refractivity contribution < 1.29 is 9.32 Å². The van der Waals surface area contributed by atoms with Crippen LogP contribution in [0.1, 0.15) is 30.8 Å². The highest BCUT2D eigenvalue weighted by molar-refractivity contribution is 9.10. The van der Waals surface area contributed by atoms with Gasteiger partial charge >= 0.3 is 6.03 Å². The molecule has 0 saturated heterocycles. The average molecular weight is 433 g/mol. The number of hydrogen-bond acceptors (Lipinski definition) is 5. The zero-order valence-electron chi connectivity index (χ0n) is 15.4. The van der Waals surface area contributed by atoms with Crippen molar-refractivity contribution in [3.05, 3.63) is 52.5 Å². The quantitative estimate of drug-likeness (QED) is 0.643. The lowest BCUT2D eigenvalue weighted by atomic mass is 10.2. The largest absolute Gasteiger partial charge is 0.334 e. The van der Waals surface area contributed by atoms with Crippen molar-refractivity contribution in [3.8, 4) is 11.5 Å². The standard InChI is InChI=1S/C18H21BrN6O2/c1-4-15(21-18(26)24(2)10-12-9-20-25(3)11-12)16-22-17(27-23-16)13-6-5-7-14(19)8-13/h5-9,11,15H,4,10H2,1-3H3,(H,21,26). The van der Waals surface area contributed by atoms with Gasteiger partial charge < -0.3 is 14.7 Å². The fraction of sp³-hybridized carbons (Fsp3) is 0.333. The summed E-state index contributed by atoms with van der Waals surface area (Å²) in [6, 6.07) is 7.07. The van der Waals surface area contributed by atoms with Crippen LogP contribution >= 0.6 is 15.9 Å². The van der Waals surface area contributed by atoms with Gasteiger partial charge in [-0.15, -0.1) is 0 Å². The molecule has 2 heterocycles. The van der Waals surface area contributed by atoms with E-state index in [1.807, 2.05) is 44.4 Å². The van der Waals surface area contributed by atoms with E-state index in [1.54, 1.807) is 22.8 Å². The molecule has 1 aromatic carbocycles. The van der Waals surface area contributed by atoms with Crippen molar-refractivity contribution in [3.63, 3.8) is 0 Å². The minimum Gasteiger partial charge on any atom is -0.334 e. The van der Waals surface area contributed by atoms with E-state index >= 15 is 0 Å². The molecule has 2 aromatic heterocycles. The highest BCUT2D eigenvalue weighted by Crippen LogP contribution is 2.23. The summed E-state index contributed by atoms with van der Waals surface area (Å²) in [5.74, 6) is 0.873. The molecule has 3 aromatic rings. The summed E-state index contributed by atoms with van der Waals surface area (Å²) in [6.07, 6.45) is 4.26. The molecule has 8 nitrogen and oxygen atoms in total. The minimum atomic E-state index is -0.335. The number of aryl methyl sites for hydroxylation is 1. The molecule has 3 rings (SSSR count). The van der Waals surface area contributed by atoms with Gasteiger partial charge in [0.15, 0.2) is 5.82 Å². The van der Waals surface area contributed by atoms with Crippen molar-refractivity contribution in [2.75, 3.05) is 7.05 Å². The molecule has 9 heteroatoms. The fourth-order valence-electron chi connectivity index (χ4n) is 2.62. The van der Waals surface area contributed by atoms with Gasteiger partial charge in [-0.2, -0.15) is 10.1 Å². The van der Waals surface area contributed by atoms with Crippen molar-refractivity contribution >= 4 is 22.0 Å². The molecule has 0 aliphatic rings. The van der Waals surface area contributed by atoms with E-state index in [9.17, 15) is 4.79 Å². The number of urea groups is 1. The Kier molecular flexibility index (Phi) is 5.90. The molecule has 2 amide bonds. The zero-order valence-corrected chi connectivity index (χ0v) is 17.0. The first-order valence-corrected chi connectivity index (χ1v) is 9.34. The van der Waals surface area contributed by atoms with Crippen molar-refractivity contribution in [1.82, 2.24) is 30.1 Å². The Hall–Kier alpha value is -2.68. The Labute approximate surface area is 165 Å². The first-order valence-electron chi connectivity index (χ1n) is 8.55. The summed E-state index contributed by atoms with van der Waals surface area (Å²) in [6.45, 7) is 2.42. The molecule has 0 bridgehead atoms. The monoisotopic (exact) mass is 432 g/mol. The summed E-state index contributed by atoms with van der Waals surface area (Å²) in [7, 11) is 3.58. The van der Waals surface area contributed by atoms with Gasteiger partial charge in [0.25, 0.3) is 5.89 Å². The van der Waals surface area contributed by atoms with Gasteiger partial charge in [-0.05, 0) is 24.6 Å². The molecular weight excluding hydrogens is 412 g/mol. The Morgan fingerprint density at radius 1 is 1.44 bits per heavy atom. The molecular formula is C18H21BrN6O2. The molecule has 27 heavy (non-hydrogen) atoms. The number of aromatic nitrogens is 4. The van der Waals surface area contributed by atoms with Crippen LogP contribution in [0.3, 0.4) is 0 Å². The minimum absolute atomic E-state index is 0.209. The van der Waals surface area contributed by atoms with Gasteiger partial charge in [-0.1, -0.05) is 34.1 Å². The summed E-state index contributed by atoms with van der Waals surface area (Å²) in [5, 5.41) is 11.1. The van der Waals surface area contributed by atoms with Crippen LogP contribution in [0.15, 0.2) is 45.7 Å². The molecule has 0 saturated carbocycles. The summed E-state index contributed by atoms with van der Waals surface area (Å²) in [4.78, 5) is 18.6. The predicted molar refractivity (Wildman–Crippen MR) is 104 cm³/mol. The summed E-state index contributed by atoms with van der Waals surface area (Å²) < 4.78 is 8.01. The van der Waals surface area contributed by atoms with E-state index in [2.05, 4.69) is 36.5 Å². The normalized spacial score (nSPS) is 12.0. The van der Waals surface area contributed by atoms with E-state index in [1.165, 1.54) is 0 Å². The van der Waals surface area contributed by atoms with Crippen LogP contribution < -0.4 is 5.32 Å². The van der Waals surface area contributed by atoms with E-state index in [-0.39, 0.29) is 12.1 Å². The summed E-state index contributed by atoms with van der Waals surface area (Å²) >= 11 is 3.43. The Morgan fingerprint density at radius 2 is 2.26 bits per heavy atom. The number of halogens is 1. The van der Waals surface area contributed by atoms with Crippen LogP contribution in [0.5, 0.6) is 0 Å². The maximum Gasteiger partial charge on any atom is 0.318 e. The highest BCUT2D eigenvalue weighted by Gasteiger charge is 2.21. The first kappa shape index (κ1) is 19.1. The van der Waals surface area contributed by atoms with Crippen LogP contribution in [-0.4, -0.2) is 37.9 Å². The third-order valence-electron chi connectivity index (χ3n) is 4.06. The van der Waals surface area contributed by atoms with Gasteiger partial charge in [0.2, 0.25) is 0 Å². The molecule has 0 spiro atoms. The Morgan fingerprint density at radius 3 is 2.93 bits per heavy atom. The molecule has 0 aliphatic carbocycles. The lowest BCUT2D eigenvalue weighted by molar-refractivity contribution is 0.201. The number of carbonyl (C=O) groups excluding carboxylic acids is 1. The molecule has 142 valence electrons. The van der Waals surface area contributed by atoms with Crippen LogP contribution in [0.25, 0.3) is 11.5 Å². The van der Waals surface area contributed by atoms with Crippen molar-refractivity contribution in [2.45, 2.75) is 25.9 Å². The number of rotatable bonds is 6. The average Bonchev–Trinajstić information content (AvgIpc) is 3.28. The molecule has 0 fully saturated rings. The molecule has 1 N–H and O–H groups in total. The fourth-order valence-corrected chi connectivity index (χ4v) is 3.02. The van der Waals surface area contributed by atoms with E-state index < -0.39 is 0 Å². The van der Waals surface area contributed by atoms with Gasteiger partial charge in [0, 0.05) is 35.9 Å². The van der Waals surface area contributed by atoms with E-state index in [0.717, 1.165) is 15.6 Å². The molecule has 0 aliphatic heterocycles. The molecule has 0 radical (unpaired) electrons. The molecule has 1 atom stereocenters. The van der Waals surface area contributed by atoms with Gasteiger partial charge in [-0.25, -0.2) is 4.79 Å². The van der Waals surface area contributed by atoms with Crippen LogP contribution in [0.2, 0.25) is 0 Å².